The Labute approximate surface area is 161 Å². The number of piperidine rings is 1. The van der Waals surface area contributed by atoms with Crippen molar-refractivity contribution in [3.63, 3.8) is 0 Å². The van der Waals surface area contributed by atoms with E-state index in [-0.39, 0.29) is 0 Å². The molecule has 2 saturated heterocycles. The molecule has 27 heavy (non-hydrogen) atoms. The highest BCUT2D eigenvalue weighted by Crippen LogP contribution is 2.45. The van der Waals surface area contributed by atoms with Gasteiger partial charge in [-0.25, -0.2) is 0 Å². The number of aliphatic hydroxyl groups excluding tert-OH is 1. The van der Waals surface area contributed by atoms with Crippen molar-refractivity contribution < 1.29 is 9.84 Å². The van der Waals surface area contributed by atoms with Crippen LogP contribution in [0.25, 0.3) is 10.9 Å². The van der Waals surface area contributed by atoms with E-state index in [1.807, 2.05) is 0 Å². The lowest BCUT2D eigenvalue weighted by molar-refractivity contribution is 0.0333. The molecule has 0 amide bonds. The first kappa shape index (κ1) is 17.7. The minimum atomic E-state index is 0.304. The van der Waals surface area contributed by atoms with Crippen LogP contribution in [0.15, 0.2) is 18.2 Å². The zero-order chi connectivity index (χ0) is 18.4. The summed E-state index contributed by atoms with van der Waals surface area (Å²) in [4.78, 5) is 8.88. The number of nitrogens with zero attached hydrogens (tertiary/aromatic N) is 2. The highest BCUT2D eigenvalue weighted by atomic mass is 16.5. The first-order valence-electron chi connectivity index (χ1n) is 10.6. The summed E-state index contributed by atoms with van der Waals surface area (Å²) in [7, 11) is 0. The number of hydrogen-bond donors (Lipinski definition) is 2. The maximum Gasteiger partial charge on any atom is 0.0594 e. The van der Waals surface area contributed by atoms with Crippen LogP contribution in [0.3, 0.4) is 0 Å². The first-order chi connectivity index (χ1) is 13.3. The molecule has 3 aliphatic rings. The minimum Gasteiger partial charge on any atom is -0.396 e. The number of likely N-dealkylation sites (N-methyl/N-ethyl adjacent to an activating group) is 1. The van der Waals surface area contributed by atoms with Crippen molar-refractivity contribution in [3.8, 4) is 0 Å². The van der Waals surface area contributed by atoms with Crippen molar-refractivity contribution in [3.05, 3.63) is 35.0 Å². The summed E-state index contributed by atoms with van der Waals surface area (Å²) in [6.45, 7) is 9.39. The number of ether oxygens (including phenoxy) is 1. The van der Waals surface area contributed by atoms with Gasteiger partial charge in [0.1, 0.15) is 0 Å². The summed E-state index contributed by atoms with van der Waals surface area (Å²) in [5, 5.41) is 11.3. The summed E-state index contributed by atoms with van der Waals surface area (Å²) >= 11 is 0. The molecular formula is C22H31N3O2. The number of rotatable bonds is 4. The molecule has 5 rings (SSSR count). The predicted octanol–water partition coefficient (Wildman–Crippen LogP) is 2.34. The Hall–Kier alpha value is -1.40. The topological polar surface area (TPSA) is 51.7 Å². The number of likely N-dealkylation sites (tertiary alicyclic amines) is 1. The van der Waals surface area contributed by atoms with Gasteiger partial charge in [-0.15, -0.1) is 0 Å². The average molecular weight is 370 g/mol. The number of aliphatic hydroxyl groups is 1. The molecule has 1 aromatic carbocycles. The van der Waals surface area contributed by atoms with Gasteiger partial charge in [-0.1, -0.05) is 19.1 Å². The lowest BCUT2D eigenvalue weighted by Gasteiger charge is -2.46. The summed E-state index contributed by atoms with van der Waals surface area (Å²) in [6.07, 6.45) is 2.24. The Balaban J connectivity index is 1.55. The number of nitrogens with one attached hydrogen (secondary N) is 1. The number of morpholine rings is 1. The van der Waals surface area contributed by atoms with E-state index < -0.39 is 0 Å². The zero-order valence-electron chi connectivity index (χ0n) is 16.3. The standard InChI is InChI=1S/C22H31N3O2/c1-2-25-12-15(14-26)10-17-16-4-3-5-19-22(16)18(11-21(17)25)20(23-19)13-24-6-8-27-9-7-24/h3-5,15,17,21,23,26H,2,6-14H2,1H3/t15-,17?,21-/m1/s1. The van der Waals surface area contributed by atoms with Gasteiger partial charge in [0.2, 0.25) is 0 Å². The largest absolute Gasteiger partial charge is 0.396 e. The van der Waals surface area contributed by atoms with Crippen LogP contribution < -0.4 is 0 Å². The lowest BCUT2D eigenvalue weighted by Crippen LogP contribution is -2.50. The predicted molar refractivity (Wildman–Crippen MR) is 107 cm³/mol. The van der Waals surface area contributed by atoms with E-state index >= 15 is 0 Å². The number of hydrogen-bond acceptors (Lipinski definition) is 4. The molecule has 2 fully saturated rings. The van der Waals surface area contributed by atoms with E-state index in [2.05, 4.69) is 39.9 Å². The zero-order valence-corrected chi connectivity index (χ0v) is 16.3. The van der Waals surface area contributed by atoms with Crippen LogP contribution in [0.5, 0.6) is 0 Å². The molecule has 0 radical (unpaired) electrons. The van der Waals surface area contributed by atoms with Crippen molar-refractivity contribution in [2.24, 2.45) is 5.92 Å². The molecule has 5 nitrogen and oxygen atoms in total. The molecule has 0 saturated carbocycles. The van der Waals surface area contributed by atoms with Crippen molar-refractivity contribution in [2.75, 3.05) is 46.0 Å². The average Bonchev–Trinajstić information content (AvgIpc) is 3.06. The first-order valence-corrected chi connectivity index (χ1v) is 10.6. The summed E-state index contributed by atoms with van der Waals surface area (Å²) < 4.78 is 5.52. The number of aromatic amines is 1. The van der Waals surface area contributed by atoms with Crippen molar-refractivity contribution in [1.82, 2.24) is 14.8 Å². The summed E-state index contributed by atoms with van der Waals surface area (Å²) in [6, 6.07) is 7.34. The molecule has 1 unspecified atom stereocenters. The molecule has 3 heterocycles. The fourth-order valence-corrected chi connectivity index (χ4v) is 5.67. The second kappa shape index (κ2) is 7.21. The molecule has 2 N–H and O–H groups in total. The Bertz CT molecular complexity index is 811. The maximum absolute atomic E-state index is 9.82. The Morgan fingerprint density at radius 2 is 2.11 bits per heavy atom. The third kappa shape index (κ3) is 3.01. The van der Waals surface area contributed by atoms with Crippen LogP contribution in [-0.2, 0) is 17.7 Å². The van der Waals surface area contributed by atoms with E-state index in [9.17, 15) is 5.11 Å². The van der Waals surface area contributed by atoms with Gasteiger partial charge in [0.25, 0.3) is 0 Å². The van der Waals surface area contributed by atoms with Crippen LogP contribution in [0, 0.1) is 5.92 Å². The van der Waals surface area contributed by atoms with Gasteiger partial charge in [-0.3, -0.25) is 9.80 Å². The van der Waals surface area contributed by atoms with E-state index in [0.717, 1.165) is 58.8 Å². The van der Waals surface area contributed by atoms with Crippen LogP contribution in [0.2, 0.25) is 0 Å². The fourth-order valence-electron chi connectivity index (χ4n) is 5.67. The second-order valence-electron chi connectivity index (χ2n) is 8.49. The van der Waals surface area contributed by atoms with Crippen LogP contribution in [-0.4, -0.2) is 71.9 Å². The number of H-pyrrole nitrogens is 1. The molecule has 2 aromatic rings. The highest BCUT2D eigenvalue weighted by Gasteiger charge is 2.40. The van der Waals surface area contributed by atoms with E-state index in [4.69, 9.17) is 4.74 Å². The van der Waals surface area contributed by atoms with Crippen molar-refractivity contribution in [1.29, 1.82) is 0 Å². The summed E-state index contributed by atoms with van der Waals surface area (Å²) in [5.74, 6) is 0.939. The van der Waals surface area contributed by atoms with Crippen LogP contribution >= 0.6 is 0 Å². The van der Waals surface area contributed by atoms with Gasteiger partial charge in [0.05, 0.1) is 13.2 Å². The summed E-state index contributed by atoms with van der Waals surface area (Å²) in [5.41, 5.74) is 5.73. The van der Waals surface area contributed by atoms with E-state index in [0.29, 0.717) is 24.5 Å². The normalized spacial score (nSPS) is 29.2. The number of aromatic nitrogens is 1. The Kier molecular flexibility index (Phi) is 4.72. The monoisotopic (exact) mass is 369 g/mol. The van der Waals surface area contributed by atoms with Crippen molar-refractivity contribution in [2.45, 2.75) is 38.3 Å². The maximum atomic E-state index is 9.82. The van der Waals surface area contributed by atoms with Gasteiger partial charge < -0.3 is 14.8 Å². The van der Waals surface area contributed by atoms with Gasteiger partial charge in [0.15, 0.2) is 0 Å². The Morgan fingerprint density at radius 3 is 2.89 bits per heavy atom. The quantitative estimate of drug-likeness (QED) is 0.869. The SMILES string of the molecule is CCN1C[C@H](CO)CC2c3cccc4[nH]c(CN5CCOCC5)c(c34)C[C@H]21. The van der Waals surface area contributed by atoms with Gasteiger partial charge in [-0.05, 0) is 42.5 Å². The molecule has 1 aromatic heterocycles. The molecule has 0 spiro atoms. The molecule has 3 atom stereocenters. The van der Waals surface area contributed by atoms with E-state index in [1.54, 1.807) is 0 Å². The lowest BCUT2D eigenvalue weighted by atomic mass is 9.72. The van der Waals surface area contributed by atoms with Crippen molar-refractivity contribution >= 4 is 10.9 Å². The molecule has 0 bridgehead atoms. The molecule has 5 heteroatoms. The van der Waals surface area contributed by atoms with Gasteiger partial charge >= 0.3 is 0 Å². The van der Waals surface area contributed by atoms with Gasteiger partial charge in [-0.2, -0.15) is 0 Å². The fraction of sp³-hybridized carbons (Fsp3) is 0.636. The molecule has 1 aliphatic carbocycles. The molecule has 2 aliphatic heterocycles. The van der Waals surface area contributed by atoms with Crippen LogP contribution in [0.1, 0.15) is 36.1 Å². The minimum absolute atomic E-state index is 0.304. The Morgan fingerprint density at radius 1 is 1.26 bits per heavy atom. The van der Waals surface area contributed by atoms with E-state index in [1.165, 1.54) is 27.7 Å². The number of fused-ring (bicyclic) bond motifs is 2. The smallest absolute Gasteiger partial charge is 0.0594 e. The third-order valence-corrected chi connectivity index (χ3v) is 7.02. The van der Waals surface area contributed by atoms with Gasteiger partial charge in [0, 0.05) is 61.3 Å². The van der Waals surface area contributed by atoms with Crippen LogP contribution in [0.4, 0.5) is 0 Å². The highest BCUT2D eigenvalue weighted by molar-refractivity contribution is 5.89. The molecule has 146 valence electrons. The third-order valence-electron chi connectivity index (χ3n) is 7.02. The molecular weight excluding hydrogens is 338 g/mol. The number of benzene rings is 1. The second-order valence-corrected chi connectivity index (χ2v) is 8.49.